The lowest BCUT2D eigenvalue weighted by Gasteiger charge is -2.10. The molecule has 0 aliphatic heterocycles. The Morgan fingerprint density at radius 1 is 1.28 bits per heavy atom. The first-order chi connectivity index (χ1) is 8.25. The van der Waals surface area contributed by atoms with Crippen molar-refractivity contribution in [1.29, 1.82) is 0 Å². The Kier molecular flexibility index (Phi) is 3.95. The van der Waals surface area contributed by atoms with Gasteiger partial charge in [-0.2, -0.15) is 13.2 Å². The summed E-state index contributed by atoms with van der Waals surface area (Å²) in [6, 6.07) is 3.74. The molecule has 0 saturated heterocycles. The van der Waals surface area contributed by atoms with E-state index in [-0.39, 0.29) is 11.3 Å². The molecule has 1 aromatic rings. The monoisotopic (exact) mass is 261 g/mol. The third kappa shape index (κ3) is 3.22. The molecule has 1 N–H and O–H groups in total. The quantitative estimate of drug-likeness (QED) is 0.831. The van der Waals surface area contributed by atoms with E-state index < -0.39 is 18.1 Å². The molecule has 0 spiro atoms. The summed E-state index contributed by atoms with van der Waals surface area (Å²) in [5.41, 5.74) is 0.590. The molecule has 4 nitrogen and oxygen atoms in total. The number of aryl methyl sites for hydroxylation is 1. The molecule has 0 bridgehead atoms. The van der Waals surface area contributed by atoms with E-state index in [0.717, 1.165) is 0 Å². The number of amides is 1. The van der Waals surface area contributed by atoms with E-state index in [1.54, 1.807) is 5.32 Å². The molecule has 0 aliphatic carbocycles. The lowest BCUT2D eigenvalue weighted by molar-refractivity contribution is -0.167. The van der Waals surface area contributed by atoms with E-state index in [9.17, 15) is 22.8 Å². The predicted molar refractivity (Wildman–Crippen MR) is 57.2 cm³/mol. The molecular weight excluding hydrogens is 251 g/mol. The first-order valence-electron chi connectivity index (χ1n) is 4.83. The molecule has 98 valence electrons. The largest absolute Gasteiger partial charge is 0.471 e. The van der Waals surface area contributed by atoms with Gasteiger partial charge in [0.1, 0.15) is 0 Å². The van der Waals surface area contributed by atoms with Crippen LogP contribution in [0.25, 0.3) is 0 Å². The number of ether oxygens (including phenoxy) is 1. The van der Waals surface area contributed by atoms with Crippen molar-refractivity contribution < 1.29 is 27.5 Å². The molecule has 0 saturated carbocycles. The van der Waals surface area contributed by atoms with Gasteiger partial charge in [0.15, 0.2) is 0 Å². The number of hydrogen-bond donors (Lipinski definition) is 1. The van der Waals surface area contributed by atoms with Crippen LogP contribution in [0.2, 0.25) is 0 Å². The van der Waals surface area contributed by atoms with Crippen LogP contribution in [0.1, 0.15) is 15.9 Å². The van der Waals surface area contributed by atoms with E-state index in [0.29, 0.717) is 5.56 Å². The van der Waals surface area contributed by atoms with E-state index >= 15 is 0 Å². The number of esters is 1. The summed E-state index contributed by atoms with van der Waals surface area (Å²) >= 11 is 0. The molecule has 1 amide bonds. The smallest absolute Gasteiger partial charge is 0.465 e. The average Bonchev–Trinajstić information content (AvgIpc) is 2.27. The van der Waals surface area contributed by atoms with Crippen molar-refractivity contribution in [3.05, 3.63) is 29.3 Å². The minimum atomic E-state index is -4.95. The van der Waals surface area contributed by atoms with Crippen LogP contribution in [0.3, 0.4) is 0 Å². The fourth-order valence-corrected chi connectivity index (χ4v) is 1.28. The number of halogens is 3. The Hall–Kier alpha value is -2.05. The predicted octanol–water partition coefficient (Wildman–Crippen LogP) is 2.28. The minimum Gasteiger partial charge on any atom is -0.465 e. The van der Waals surface area contributed by atoms with E-state index in [4.69, 9.17) is 0 Å². The second-order valence-corrected chi connectivity index (χ2v) is 3.47. The van der Waals surface area contributed by atoms with Gasteiger partial charge < -0.3 is 10.1 Å². The van der Waals surface area contributed by atoms with Crippen molar-refractivity contribution in [2.45, 2.75) is 13.1 Å². The van der Waals surface area contributed by atoms with Crippen LogP contribution in [-0.4, -0.2) is 25.2 Å². The number of anilines is 1. The molecule has 1 rings (SSSR count). The lowest BCUT2D eigenvalue weighted by Crippen LogP contribution is -2.29. The highest BCUT2D eigenvalue weighted by Crippen LogP contribution is 2.20. The average molecular weight is 261 g/mol. The van der Waals surface area contributed by atoms with Gasteiger partial charge >= 0.3 is 18.1 Å². The van der Waals surface area contributed by atoms with Gasteiger partial charge in [0.05, 0.1) is 12.7 Å². The van der Waals surface area contributed by atoms with Crippen LogP contribution in [0.5, 0.6) is 0 Å². The van der Waals surface area contributed by atoms with Crippen LogP contribution in [-0.2, 0) is 9.53 Å². The van der Waals surface area contributed by atoms with Crippen LogP contribution in [0.15, 0.2) is 18.2 Å². The summed E-state index contributed by atoms with van der Waals surface area (Å²) in [6.07, 6.45) is -4.95. The topological polar surface area (TPSA) is 55.4 Å². The Balaban J connectivity index is 2.92. The number of alkyl halides is 3. The zero-order valence-corrected chi connectivity index (χ0v) is 9.59. The fourth-order valence-electron chi connectivity index (χ4n) is 1.28. The van der Waals surface area contributed by atoms with Gasteiger partial charge in [-0.3, -0.25) is 4.79 Å². The number of benzene rings is 1. The van der Waals surface area contributed by atoms with Crippen molar-refractivity contribution in [3.63, 3.8) is 0 Å². The zero-order valence-electron chi connectivity index (χ0n) is 9.59. The van der Waals surface area contributed by atoms with Gasteiger partial charge in [-0.25, -0.2) is 4.79 Å². The van der Waals surface area contributed by atoms with Crippen LogP contribution in [0, 0.1) is 6.92 Å². The summed E-state index contributed by atoms with van der Waals surface area (Å²) in [5.74, 6) is -2.66. The van der Waals surface area contributed by atoms with Crippen molar-refractivity contribution in [1.82, 2.24) is 0 Å². The van der Waals surface area contributed by atoms with E-state index in [2.05, 4.69) is 4.74 Å². The highest BCUT2D eigenvalue weighted by molar-refractivity contribution is 5.96. The fraction of sp³-hybridized carbons (Fsp3) is 0.273. The Morgan fingerprint density at radius 3 is 2.33 bits per heavy atom. The molecule has 0 fully saturated rings. The molecule has 1 aromatic carbocycles. The number of carbonyl (C=O) groups is 2. The maximum Gasteiger partial charge on any atom is 0.471 e. The third-order valence-electron chi connectivity index (χ3n) is 2.15. The maximum absolute atomic E-state index is 12.0. The first-order valence-corrected chi connectivity index (χ1v) is 4.83. The second-order valence-electron chi connectivity index (χ2n) is 3.47. The molecule has 0 atom stereocenters. The van der Waals surface area contributed by atoms with E-state index in [1.807, 2.05) is 0 Å². The van der Waals surface area contributed by atoms with Crippen molar-refractivity contribution in [3.8, 4) is 0 Å². The second kappa shape index (κ2) is 5.07. The molecule has 0 heterocycles. The number of methoxy groups -OCH3 is 1. The molecule has 7 heteroatoms. The zero-order chi connectivity index (χ0) is 13.9. The molecular formula is C11H10F3NO3. The van der Waals surface area contributed by atoms with Gasteiger partial charge in [-0.05, 0) is 30.7 Å². The number of hydrogen-bond acceptors (Lipinski definition) is 3. The van der Waals surface area contributed by atoms with Crippen molar-refractivity contribution in [2.75, 3.05) is 12.4 Å². The highest BCUT2D eigenvalue weighted by atomic mass is 19.4. The lowest BCUT2D eigenvalue weighted by atomic mass is 10.1. The molecule has 0 unspecified atom stereocenters. The maximum atomic E-state index is 12.0. The SMILES string of the molecule is COC(=O)c1ccc(NC(=O)C(F)(F)F)cc1C. The summed E-state index contributed by atoms with van der Waals surface area (Å²) < 4.78 is 40.5. The van der Waals surface area contributed by atoms with E-state index in [1.165, 1.54) is 32.2 Å². The first kappa shape index (κ1) is 14.0. The molecule has 0 radical (unpaired) electrons. The molecule has 0 aromatic heterocycles. The summed E-state index contributed by atoms with van der Waals surface area (Å²) in [4.78, 5) is 21.9. The highest BCUT2D eigenvalue weighted by Gasteiger charge is 2.38. The third-order valence-corrected chi connectivity index (χ3v) is 2.15. The normalized spacial score (nSPS) is 10.9. The van der Waals surface area contributed by atoms with Crippen LogP contribution in [0.4, 0.5) is 18.9 Å². The summed E-state index contributed by atoms with van der Waals surface area (Å²) in [5, 5.41) is 1.69. The standard InChI is InChI=1S/C11H10F3NO3/c1-6-5-7(15-10(17)11(12,13)14)3-4-8(6)9(16)18-2/h3-5H,1-2H3,(H,15,17). The van der Waals surface area contributed by atoms with Gasteiger partial charge in [0.25, 0.3) is 0 Å². The van der Waals surface area contributed by atoms with Gasteiger partial charge in [0, 0.05) is 5.69 Å². The van der Waals surface area contributed by atoms with Gasteiger partial charge in [0.2, 0.25) is 0 Å². The molecule has 0 aliphatic rings. The Labute approximate surface area is 101 Å². The number of nitrogens with one attached hydrogen (secondary N) is 1. The number of rotatable bonds is 2. The van der Waals surface area contributed by atoms with Gasteiger partial charge in [-0.1, -0.05) is 0 Å². The molecule has 18 heavy (non-hydrogen) atoms. The van der Waals surface area contributed by atoms with Crippen LogP contribution < -0.4 is 5.32 Å². The summed E-state index contributed by atoms with van der Waals surface area (Å²) in [6.45, 7) is 1.52. The van der Waals surface area contributed by atoms with Crippen molar-refractivity contribution >= 4 is 17.6 Å². The van der Waals surface area contributed by atoms with Crippen LogP contribution >= 0.6 is 0 Å². The number of carbonyl (C=O) groups excluding carboxylic acids is 2. The minimum absolute atomic E-state index is 0.0394. The summed E-state index contributed by atoms with van der Waals surface area (Å²) in [7, 11) is 1.20. The Morgan fingerprint density at radius 2 is 1.89 bits per heavy atom. The van der Waals surface area contributed by atoms with Gasteiger partial charge in [-0.15, -0.1) is 0 Å². The Bertz CT molecular complexity index is 483. The van der Waals surface area contributed by atoms with Crippen molar-refractivity contribution in [2.24, 2.45) is 0 Å².